The molecule has 2 N–H and O–H groups in total. The van der Waals surface area contributed by atoms with E-state index < -0.39 is 0 Å². The van der Waals surface area contributed by atoms with E-state index in [4.69, 9.17) is 10.5 Å². The Kier molecular flexibility index (Phi) is 4.30. The summed E-state index contributed by atoms with van der Waals surface area (Å²) in [7, 11) is 0. The van der Waals surface area contributed by atoms with Crippen LogP contribution in [0.1, 0.15) is 44.4 Å². The van der Waals surface area contributed by atoms with E-state index in [1.807, 2.05) is 20.8 Å². The molecule has 0 fully saturated rings. The van der Waals surface area contributed by atoms with Gasteiger partial charge in [-0.2, -0.15) is 0 Å². The van der Waals surface area contributed by atoms with Crippen molar-refractivity contribution < 1.29 is 9.13 Å². The third-order valence-corrected chi connectivity index (χ3v) is 2.68. The molecule has 0 heterocycles. The number of rotatable bonds is 4. The quantitative estimate of drug-likeness (QED) is 0.853. The summed E-state index contributed by atoms with van der Waals surface area (Å²) in [6.45, 7) is 7.59. The molecular formula is C13H20FNO. The second-order valence-electron chi connectivity index (χ2n) is 4.26. The van der Waals surface area contributed by atoms with Crippen LogP contribution in [0.2, 0.25) is 0 Å². The fourth-order valence-electron chi connectivity index (χ4n) is 1.43. The van der Waals surface area contributed by atoms with Crippen LogP contribution in [0.3, 0.4) is 0 Å². The smallest absolute Gasteiger partial charge is 0.126 e. The fraction of sp³-hybridized carbons (Fsp3) is 0.538. The molecule has 0 spiro atoms. The van der Waals surface area contributed by atoms with Crippen LogP contribution >= 0.6 is 0 Å². The zero-order valence-electron chi connectivity index (χ0n) is 10.4. The van der Waals surface area contributed by atoms with Crippen molar-refractivity contribution in [3.8, 4) is 5.75 Å². The van der Waals surface area contributed by atoms with Crippen molar-refractivity contribution in [2.75, 3.05) is 0 Å². The number of ether oxygens (including phenoxy) is 1. The SMILES string of the molecule is CCC(C)Oc1cc(C)c(F)cc1[C@H](C)N. The summed E-state index contributed by atoms with van der Waals surface area (Å²) in [5.41, 5.74) is 7.12. The summed E-state index contributed by atoms with van der Waals surface area (Å²) in [5, 5.41) is 0. The Balaban J connectivity index is 3.09. The molecule has 1 rings (SSSR count). The molecule has 0 aromatic heterocycles. The van der Waals surface area contributed by atoms with Crippen LogP contribution in [0.4, 0.5) is 4.39 Å². The monoisotopic (exact) mass is 225 g/mol. The molecule has 1 unspecified atom stereocenters. The number of nitrogens with two attached hydrogens (primary N) is 1. The Morgan fingerprint density at radius 1 is 1.38 bits per heavy atom. The Morgan fingerprint density at radius 2 is 2.00 bits per heavy atom. The first kappa shape index (κ1) is 13.0. The van der Waals surface area contributed by atoms with Gasteiger partial charge in [-0.05, 0) is 44.9 Å². The molecule has 0 aliphatic carbocycles. The first-order valence-corrected chi connectivity index (χ1v) is 5.68. The maximum absolute atomic E-state index is 13.4. The molecule has 16 heavy (non-hydrogen) atoms. The summed E-state index contributed by atoms with van der Waals surface area (Å²) in [6, 6.07) is 2.96. The van der Waals surface area contributed by atoms with Gasteiger partial charge in [0.05, 0.1) is 6.10 Å². The maximum atomic E-state index is 13.4. The van der Waals surface area contributed by atoms with E-state index in [1.54, 1.807) is 13.0 Å². The predicted molar refractivity (Wildman–Crippen MR) is 64.1 cm³/mol. The Hall–Kier alpha value is -1.09. The zero-order valence-corrected chi connectivity index (χ0v) is 10.4. The van der Waals surface area contributed by atoms with Gasteiger partial charge in [-0.1, -0.05) is 6.92 Å². The van der Waals surface area contributed by atoms with Gasteiger partial charge in [-0.3, -0.25) is 0 Å². The summed E-state index contributed by atoms with van der Waals surface area (Å²) in [5.74, 6) is 0.465. The molecule has 0 aliphatic heterocycles. The van der Waals surface area contributed by atoms with E-state index in [9.17, 15) is 4.39 Å². The second kappa shape index (κ2) is 5.30. The average molecular weight is 225 g/mol. The largest absolute Gasteiger partial charge is 0.490 e. The zero-order chi connectivity index (χ0) is 12.3. The Morgan fingerprint density at radius 3 is 2.50 bits per heavy atom. The van der Waals surface area contributed by atoms with Crippen LogP contribution in [0, 0.1) is 12.7 Å². The number of aryl methyl sites for hydroxylation is 1. The molecule has 0 radical (unpaired) electrons. The fourth-order valence-corrected chi connectivity index (χ4v) is 1.43. The van der Waals surface area contributed by atoms with Crippen LogP contribution in [0.15, 0.2) is 12.1 Å². The lowest BCUT2D eigenvalue weighted by molar-refractivity contribution is 0.214. The van der Waals surface area contributed by atoms with Crippen molar-refractivity contribution in [3.05, 3.63) is 29.1 Å². The average Bonchev–Trinajstić information content (AvgIpc) is 2.22. The third-order valence-electron chi connectivity index (χ3n) is 2.68. The second-order valence-corrected chi connectivity index (χ2v) is 4.26. The molecule has 0 aliphatic rings. The van der Waals surface area contributed by atoms with Crippen LogP contribution in [-0.4, -0.2) is 6.10 Å². The van der Waals surface area contributed by atoms with E-state index >= 15 is 0 Å². The van der Waals surface area contributed by atoms with E-state index in [2.05, 4.69) is 0 Å². The molecule has 0 saturated carbocycles. The van der Waals surface area contributed by atoms with Gasteiger partial charge in [0.2, 0.25) is 0 Å². The van der Waals surface area contributed by atoms with E-state index in [-0.39, 0.29) is 18.0 Å². The Labute approximate surface area is 96.6 Å². The lowest BCUT2D eigenvalue weighted by atomic mass is 10.0. The van der Waals surface area contributed by atoms with Gasteiger partial charge in [0.15, 0.2) is 0 Å². The van der Waals surface area contributed by atoms with Crippen molar-refractivity contribution in [3.63, 3.8) is 0 Å². The van der Waals surface area contributed by atoms with Crippen molar-refractivity contribution in [1.29, 1.82) is 0 Å². The van der Waals surface area contributed by atoms with Gasteiger partial charge < -0.3 is 10.5 Å². The maximum Gasteiger partial charge on any atom is 0.126 e. The number of hydrogen-bond donors (Lipinski definition) is 1. The van der Waals surface area contributed by atoms with Crippen LogP contribution in [-0.2, 0) is 0 Å². The van der Waals surface area contributed by atoms with Gasteiger partial charge in [-0.25, -0.2) is 4.39 Å². The van der Waals surface area contributed by atoms with Gasteiger partial charge in [0.1, 0.15) is 11.6 Å². The number of halogens is 1. The molecule has 3 heteroatoms. The first-order chi connectivity index (χ1) is 7.45. The minimum absolute atomic E-state index is 0.113. The topological polar surface area (TPSA) is 35.2 Å². The van der Waals surface area contributed by atoms with Crippen LogP contribution < -0.4 is 10.5 Å². The molecule has 1 aromatic rings. The molecule has 0 saturated heterocycles. The third kappa shape index (κ3) is 2.95. The van der Waals surface area contributed by atoms with E-state index in [0.29, 0.717) is 11.3 Å². The lowest BCUT2D eigenvalue weighted by Crippen LogP contribution is -2.14. The summed E-state index contributed by atoms with van der Waals surface area (Å²) in [4.78, 5) is 0. The van der Waals surface area contributed by atoms with Crippen molar-refractivity contribution >= 4 is 0 Å². The highest BCUT2D eigenvalue weighted by Crippen LogP contribution is 2.28. The predicted octanol–water partition coefficient (Wildman–Crippen LogP) is 3.33. The highest BCUT2D eigenvalue weighted by molar-refractivity contribution is 5.40. The van der Waals surface area contributed by atoms with Crippen molar-refractivity contribution in [2.24, 2.45) is 5.73 Å². The molecule has 90 valence electrons. The van der Waals surface area contributed by atoms with E-state index in [0.717, 1.165) is 12.0 Å². The van der Waals surface area contributed by atoms with Crippen LogP contribution in [0.25, 0.3) is 0 Å². The summed E-state index contributed by atoms with van der Waals surface area (Å²) in [6.07, 6.45) is 1.02. The van der Waals surface area contributed by atoms with Gasteiger partial charge in [0.25, 0.3) is 0 Å². The molecule has 2 atom stereocenters. The van der Waals surface area contributed by atoms with Crippen LogP contribution in [0.5, 0.6) is 5.75 Å². The van der Waals surface area contributed by atoms with Gasteiger partial charge >= 0.3 is 0 Å². The molecular weight excluding hydrogens is 205 g/mol. The minimum Gasteiger partial charge on any atom is -0.490 e. The minimum atomic E-state index is -0.233. The molecule has 1 aromatic carbocycles. The summed E-state index contributed by atoms with van der Waals surface area (Å²) >= 11 is 0. The van der Waals surface area contributed by atoms with Gasteiger partial charge in [0, 0.05) is 11.6 Å². The highest BCUT2D eigenvalue weighted by Gasteiger charge is 2.13. The van der Waals surface area contributed by atoms with Crippen molar-refractivity contribution in [2.45, 2.75) is 46.3 Å². The standard InChI is InChI=1S/C13H20FNO/c1-5-9(3)16-13-6-8(2)12(14)7-11(13)10(4)15/h6-7,9-10H,5,15H2,1-4H3/t9?,10-/m0/s1. The lowest BCUT2D eigenvalue weighted by Gasteiger charge is -2.19. The highest BCUT2D eigenvalue weighted by atomic mass is 19.1. The van der Waals surface area contributed by atoms with Gasteiger partial charge in [-0.15, -0.1) is 0 Å². The molecule has 2 nitrogen and oxygen atoms in total. The normalized spacial score (nSPS) is 14.6. The number of hydrogen-bond acceptors (Lipinski definition) is 2. The van der Waals surface area contributed by atoms with Crippen molar-refractivity contribution in [1.82, 2.24) is 0 Å². The number of benzene rings is 1. The summed E-state index contributed by atoms with van der Waals surface area (Å²) < 4.78 is 19.2. The molecule has 0 bridgehead atoms. The Bertz CT molecular complexity index is 363. The van der Waals surface area contributed by atoms with E-state index in [1.165, 1.54) is 6.07 Å². The molecule has 0 amide bonds. The first-order valence-electron chi connectivity index (χ1n) is 5.68.